The van der Waals surface area contributed by atoms with Crippen molar-refractivity contribution < 1.29 is 0 Å². The molecule has 5 heteroatoms. The van der Waals surface area contributed by atoms with E-state index >= 15 is 0 Å². The third kappa shape index (κ3) is 2.79. The molecule has 2 aromatic rings. The molecule has 0 saturated heterocycles. The van der Waals surface area contributed by atoms with E-state index in [1.807, 2.05) is 0 Å². The summed E-state index contributed by atoms with van der Waals surface area (Å²) in [6, 6.07) is 5.18. The second-order valence-electron chi connectivity index (χ2n) is 4.35. The molecule has 0 unspecified atom stereocenters. The summed E-state index contributed by atoms with van der Waals surface area (Å²) in [6.07, 6.45) is 0. The number of fused-ring (bicyclic) bond motifs is 1. The molecule has 2 rings (SSSR count). The summed E-state index contributed by atoms with van der Waals surface area (Å²) in [7, 11) is 0. The Balaban J connectivity index is 2.42. The molecule has 0 spiro atoms. The number of benzene rings is 1. The number of thioether (sulfide) groups is 1. The molecular formula is C12H15N3OS. The van der Waals surface area contributed by atoms with Gasteiger partial charge in [0.25, 0.3) is 5.56 Å². The molecule has 3 N–H and O–H groups in total. The van der Waals surface area contributed by atoms with Crippen LogP contribution in [0.4, 0.5) is 5.69 Å². The molecule has 1 aromatic carbocycles. The van der Waals surface area contributed by atoms with Gasteiger partial charge in [0, 0.05) is 11.4 Å². The van der Waals surface area contributed by atoms with Crippen LogP contribution in [-0.2, 0) is 0 Å². The average molecular weight is 249 g/mol. The van der Waals surface area contributed by atoms with Crippen LogP contribution in [0, 0.1) is 5.92 Å². The Hall–Kier alpha value is -1.49. The predicted molar refractivity (Wildman–Crippen MR) is 72.3 cm³/mol. The first kappa shape index (κ1) is 12.0. The van der Waals surface area contributed by atoms with Crippen molar-refractivity contribution in [1.29, 1.82) is 0 Å². The topological polar surface area (TPSA) is 71.8 Å². The van der Waals surface area contributed by atoms with E-state index in [0.717, 1.165) is 5.75 Å². The van der Waals surface area contributed by atoms with E-state index < -0.39 is 0 Å². The first-order valence-corrected chi connectivity index (χ1v) is 6.47. The Bertz CT molecular complexity index is 592. The van der Waals surface area contributed by atoms with Gasteiger partial charge in [-0.3, -0.25) is 4.79 Å². The molecule has 0 radical (unpaired) electrons. The van der Waals surface area contributed by atoms with Gasteiger partial charge in [0.1, 0.15) is 0 Å². The number of nitrogens with one attached hydrogen (secondary N) is 1. The zero-order valence-corrected chi connectivity index (χ0v) is 10.7. The van der Waals surface area contributed by atoms with Crippen LogP contribution >= 0.6 is 11.8 Å². The van der Waals surface area contributed by atoms with Gasteiger partial charge >= 0.3 is 0 Å². The number of nitrogens with two attached hydrogens (primary N) is 1. The summed E-state index contributed by atoms with van der Waals surface area (Å²) in [5, 5.41) is 1.21. The molecule has 0 aliphatic carbocycles. The number of nitrogen functional groups attached to an aromatic ring is 1. The van der Waals surface area contributed by atoms with Crippen molar-refractivity contribution in [2.45, 2.75) is 19.0 Å². The Morgan fingerprint density at radius 3 is 2.94 bits per heavy atom. The summed E-state index contributed by atoms with van der Waals surface area (Å²) in [6.45, 7) is 4.26. The van der Waals surface area contributed by atoms with E-state index in [1.54, 1.807) is 30.0 Å². The van der Waals surface area contributed by atoms with Gasteiger partial charge in [-0.15, -0.1) is 0 Å². The lowest BCUT2D eigenvalue weighted by Crippen LogP contribution is -2.10. The number of anilines is 1. The largest absolute Gasteiger partial charge is 0.399 e. The monoisotopic (exact) mass is 249 g/mol. The van der Waals surface area contributed by atoms with E-state index in [-0.39, 0.29) is 5.56 Å². The van der Waals surface area contributed by atoms with E-state index in [0.29, 0.717) is 27.7 Å². The first-order chi connectivity index (χ1) is 8.06. The quantitative estimate of drug-likeness (QED) is 0.497. The van der Waals surface area contributed by atoms with Crippen molar-refractivity contribution in [3.63, 3.8) is 0 Å². The molecule has 0 fully saturated rings. The predicted octanol–water partition coefficient (Wildman–Crippen LogP) is 2.25. The number of rotatable bonds is 3. The van der Waals surface area contributed by atoms with Crippen LogP contribution in [0.1, 0.15) is 13.8 Å². The van der Waals surface area contributed by atoms with Crippen LogP contribution in [0.3, 0.4) is 0 Å². The zero-order chi connectivity index (χ0) is 12.4. The highest BCUT2D eigenvalue weighted by atomic mass is 32.2. The number of aromatic nitrogens is 2. The Morgan fingerprint density at radius 2 is 2.24 bits per heavy atom. The number of nitrogens with zero attached hydrogens (tertiary/aromatic N) is 1. The van der Waals surface area contributed by atoms with Gasteiger partial charge in [-0.25, -0.2) is 4.98 Å². The van der Waals surface area contributed by atoms with Crippen molar-refractivity contribution in [3.8, 4) is 0 Å². The molecule has 4 nitrogen and oxygen atoms in total. The van der Waals surface area contributed by atoms with Crippen molar-refractivity contribution >= 4 is 28.4 Å². The van der Waals surface area contributed by atoms with Crippen LogP contribution in [-0.4, -0.2) is 15.7 Å². The van der Waals surface area contributed by atoms with E-state index in [2.05, 4.69) is 23.8 Å². The van der Waals surface area contributed by atoms with Gasteiger partial charge in [-0.05, 0) is 24.1 Å². The van der Waals surface area contributed by atoms with Gasteiger partial charge < -0.3 is 10.7 Å². The summed E-state index contributed by atoms with van der Waals surface area (Å²) in [5.74, 6) is 1.50. The van der Waals surface area contributed by atoms with Gasteiger partial charge in [0.2, 0.25) is 0 Å². The average Bonchev–Trinajstić information content (AvgIpc) is 2.27. The SMILES string of the molecule is CC(C)CSc1nc2ccc(N)cc2c(=O)[nH]1. The maximum absolute atomic E-state index is 11.8. The maximum atomic E-state index is 11.8. The third-order valence-electron chi connectivity index (χ3n) is 2.26. The minimum absolute atomic E-state index is 0.131. The van der Waals surface area contributed by atoms with E-state index in [9.17, 15) is 4.79 Å². The Kier molecular flexibility index (Phi) is 3.38. The maximum Gasteiger partial charge on any atom is 0.259 e. The Morgan fingerprint density at radius 1 is 1.47 bits per heavy atom. The minimum Gasteiger partial charge on any atom is -0.399 e. The molecule has 0 atom stereocenters. The Labute approximate surface area is 104 Å². The van der Waals surface area contributed by atoms with E-state index in [4.69, 9.17) is 5.73 Å². The first-order valence-electron chi connectivity index (χ1n) is 5.48. The molecule has 0 amide bonds. The van der Waals surface area contributed by atoms with Crippen LogP contribution in [0.2, 0.25) is 0 Å². The molecule has 0 aliphatic heterocycles. The van der Waals surface area contributed by atoms with Crippen LogP contribution < -0.4 is 11.3 Å². The smallest absolute Gasteiger partial charge is 0.259 e. The summed E-state index contributed by atoms with van der Waals surface area (Å²) in [5.41, 5.74) is 6.78. The van der Waals surface area contributed by atoms with E-state index in [1.165, 1.54) is 0 Å². The molecular weight excluding hydrogens is 234 g/mol. The van der Waals surface area contributed by atoms with Crippen LogP contribution in [0.25, 0.3) is 10.9 Å². The number of hydrogen-bond acceptors (Lipinski definition) is 4. The minimum atomic E-state index is -0.131. The van der Waals surface area contributed by atoms with Gasteiger partial charge in [0.05, 0.1) is 10.9 Å². The fourth-order valence-electron chi connectivity index (χ4n) is 1.45. The molecule has 1 heterocycles. The molecule has 90 valence electrons. The van der Waals surface area contributed by atoms with Gasteiger partial charge in [-0.1, -0.05) is 25.6 Å². The lowest BCUT2D eigenvalue weighted by Gasteiger charge is -2.05. The van der Waals surface area contributed by atoms with Gasteiger partial charge in [-0.2, -0.15) is 0 Å². The van der Waals surface area contributed by atoms with Crippen LogP contribution in [0.15, 0.2) is 28.2 Å². The highest BCUT2D eigenvalue weighted by molar-refractivity contribution is 7.99. The molecule has 17 heavy (non-hydrogen) atoms. The lowest BCUT2D eigenvalue weighted by atomic mass is 10.2. The summed E-state index contributed by atoms with van der Waals surface area (Å²) in [4.78, 5) is 19.0. The van der Waals surface area contributed by atoms with Crippen molar-refractivity contribution in [2.24, 2.45) is 5.92 Å². The highest BCUT2D eigenvalue weighted by Crippen LogP contribution is 2.18. The van der Waals surface area contributed by atoms with Crippen molar-refractivity contribution in [1.82, 2.24) is 9.97 Å². The molecule has 0 bridgehead atoms. The second-order valence-corrected chi connectivity index (χ2v) is 5.36. The molecule has 1 aromatic heterocycles. The fraction of sp³-hybridized carbons (Fsp3) is 0.333. The zero-order valence-electron chi connectivity index (χ0n) is 9.86. The van der Waals surface area contributed by atoms with Gasteiger partial charge in [0.15, 0.2) is 5.16 Å². The van der Waals surface area contributed by atoms with Crippen molar-refractivity contribution in [2.75, 3.05) is 11.5 Å². The highest BCUT2D eigenvalue weighted by Gasteiger charge is 2.05. The normalized spacial score (nSPS) is 11.2. The summed E-state index contributed by atoms with van der Waals surface area (Å²) < 4.78 is 0. The second kappa shape index (κ2) is 4.79. The standard InChI is InChI=1S/C12H15N3OS/c1-7(2)6-17-12-14-10-4-3-8(13)5-9(10)11(16)15-12/h3-5,7H,6,13H2,1-2H3,(H,14,15,16). The number of hydrogen-bond donors (Lipinski definition) is 2. The van der Waals surface area contributed by atoms with Crippen LogP contribution in [0.5, 0.6) is 0 Å². The number of aromatic amines is 1. The lowest BCUT2D eigenvalue weighted by molar-refractivity contribution is 0.748. The van der Waals surface area contributed by atoms with Crippen molar-refractivity contribution in [3.05, 3.63) is 28.6 Å². The number of H-pyrrole nitrogens is 1. The molecule has 0 aliphatic rings. The summed E-state index contributed by atoms with van der Waals surface area (Å²) >= 11 is 1.56. The third-order valence-corrected chi connectivity index (χ3v) is 3.56. The molecule has 0 saturated carbocycles. The fourth-order valence-corrected chi connectivity index (χ4v) is 2.27.